The number of urea groups is 1. The average Bonchev–Trinajstić information content (AvgIpc) is 2.53. The summed E-state index contributed by atoms with van der Waals surface area (Å²) in [5.41, 5.74) is 1.66. The number of esters is 1. The van der Waals surface area contributed by atoms with Crippen molar-refractivity contribution in [1.29, 1.82) is 0 Å². The lowest BCUT2D eigenvalue weighted by Gasteiger charge is -2.31. The van der Waals surface area contributed by atoms with E-state index in [-0.39, 0.29) is 11.9 Å². The third kappa shape index (κ3) is 2.90. The molecule has 0 saturated carbocycles. The number of carbonyl (C=O) groups is 2. The standard InChI is InChI=1S/C16H20N2O4/c1-9(2)13-12(15(19)22-4)14(18-16(20)17-13)10-7-5-6-8-11(10)21-3/h5-9,14H,1-4H3,(H2,17,18,20). The highest BCUT2D eigenvalue weighted by Crippen LogP contribution is 2.34. The van der Waals surface area contributed by atoms with Crippen LogP contribution in [0.15, 0.2) is 35.5 Å². The monoisotopic (exact) mass is 304 g/mol. The summed E-state index contributed by atoms with van der Waals surface area (Å²) in [6.45, 7) is 3.81. The van der Waals surface area contributed by atoms with Crippen molar-refractivity contribution in [2.24, 2.45) is 5.92 Å². The number of nitrogens with one attached hydrogen (secondary N) is 2. The minimum atomic E-state index is -0.616. The van der Waals surface area contributed by atoms with Crippen LogP contribution in [0.3, 0.4) is 0 Å². The molecule has 0 aromatic heterocycles. The molecule has 0 fully saturated rings. The molecule has 0 saturated heterocycles. The Morgan fingerprint density at radius 1 is 1.23 bits per heavy atom. The maximum Gasteiger partial charge on any atom is 0.337 e. The van der Waals surface area contributed by atoms with E-state index < -0.39 is 12.0 Å². The number of ether oxygens (including phenoxy) is 2. The predicted octanol–water partition coefficient (Wildman–Crippen LogP) is 2.13. The van der Waals surface area contributed by atoms with Crippen LogP contribution in [0.2, 0.25) is 0 Å². The second-order valence-corrected chi connectivity index (χ2v) is 5.25. The van der Waals surface area contributed by atoms with Crippen molar-refractivity contribution in [3.63, 3.8) is 0 Å². The van der Waals surface area contributed by atoms with E-state index in [2.05, 4.69) is 10.6 Å². The lowest BCUT2D eigenvalue weighted by atomic mass is 9.91. The van der Waals surface area contributed by atoms with E-state index in [1.165, 1.54) is 7.11 Å². The van der Waals surface area contributed by atoms with Gasteiger partial charge in [0.05, 0.1) is 25.8 Å². The largest absolute Gasteiger partial charge is 0.496 e. The van der Waals surface area contributed by atoms with Gasteiger partial charge in [-0.2, -0.15) is 0 Å². The highest BCUT2D eigenvalue weighted by Gasteiger charge is 2.35. The SMILES string of the molecule is COC(=O)C1=C(C(C)C)NC(=O)NC1c1ccccc1OC. The highest BCUT2D eigenvalue weighted by atomic mass is 16.5. The Morgan fingerprint density at radius 2 is 1.91 bits per heavy atom. The van der Waals surface area contributed by atoms with Gasteiger partial charge in [0.25, 0.3) is 0 Å². The molecule has 1 heterocycles. The van der Waals surface area contributed by atoms with Crippen LogP contribution in [0.1, 0.15) is 25.5 Å². The van der Waals surface area contributed by atoms with Gasteiger partial charge in [-0.05, 0) is 12.0 Å². The van der Waals surface area contributed by atoms with E-state index in [1.54, 1.807) is 13.2 Å². The Hall–Kier alpha value is -2.50. The Labute approximate surface area is 129 Å². The van der Waals surface area contributed by atoms with Gasteiger partial charge in [-0.25, -0.2) is 9.59 Å². The van der Waals surface area contributed by atoms with E-state index in [1.807, 2.05) is 32.0 Å². The van der Waals surface area contributed by atoms with E-state index in [4.69, 9.17) is 9.47 Å². The molecule has 2 amide bonds. The highest BCUT2D eigenvalue weighted by molar-refractivity contribution is 5.95. The summed E-state index contributed by atoms with van der Waals surface area (Å²) in [5.74, 6) is 0.0867. The van der Waals surface area contributed by atoms with Crippen LogP contribution in [-0.2, 0) is 9.53 Å². The zero-order valence-electron chi connectivity index (χ0n) is 13.1. The zero-order valence-corrected chi connectivity index (χ0v) is 13.1. The molecule has 0 spiro atoms. The minimum absolute atomic E-state index is 0.0302. The number of methoxy groups -OCH3 is 2. The summed E-state index contributed by atoms with van der Waals surface area (Å²) in [5, 5.41) is 5.48. The molecule has 2 N–H and O–H groups in total. The third-order valence-electron chi connectivity index (χ3n) is 3.54. The maximum atomic E-state index is 12.3. The molecule has 1 aromatic carbocycles. The van der Waals surface area contributed by atoms with Crippen molar-refractivity contribution in [2.45, 2.75) is 19.9 Å². The summed E-state index contributed by atoms with van der Waals surface area (Å²) in [4.78, 5) is 24.2. The quantitative estimate of drug-likeness (QED) is 0.836. The molecule has 6 nitrogen and oxygen atoms in total. The van der Waals surface area contributed by atoms with Crippen LogP contribution in [-0.4, -0.2) is 26.2 Å². The Bertz CT molecular complexity index is 622. The Kier molecular flexibility index (Phi) is 4.70. The summed E-state index contributed by atoms with van der Waals surface area (Å²) >= 11 is 0. The first-order valence-corrected chi connectivity index (χ1v) is 7.02. The molecule has 1 atom stereocenters. The van der Waals surface area contributed by atoms with Gasteiger partial charge in [0, 0.05) is 11.3 Å². The van der Waals surface area contributed by atoms with Crippen molar-refractivity contribution in [3.8, 4) is 5.75 Å². The maximum absolute atomic E-state index is 12.3. The van der Waals surface area contributed by atoms with Gasteiger partial charge in [-0.3, -0.25) is 0 Å². The zero-order chi connectivity index (χ0) is 16.3. The van der Waals surface area contributed by atoms with E-state index >= 15 is 0 Å². The minimum Gasteiger partial charge on any atom is -0.496 e. The Balaban J connectivity index is 2.62. The molecule has 1 aromatic rings. The number of hydrogen-bond donors (Lipinski definition) is 2. The lowest BCUT2D eigenvalue weighted by Crippen LogP contribution is -2.47. The molecule has 1 aliphatic heterocycles. The van der Waals surface area contributed by atoms with Gasteiger partial charge >= 0.3 is 12.0 Å². The molecule has 6 heteroatoms. The van der Waals surface area contributed by atoms with Crippen molar-refractivity contribution < 1.29 is 19.1 Å². The van der Waals surface area contributed by atoms with Crippen LogP contribution in [0.25, 0.3) is 0 Å². The average molecular weight is 304 g/mol. The number of carbonyl (C=O) groups excluding carboxylic acids is 2. The van der Waals surface area contributed by atoms with E-state index in [9.17, 15) is 9.59 Å². The van der Waals surface area contributed by atoms with Crippen molar-refractivity contribution in [1.82, 2.24) is 10.6 Å². The first-order valence-electron chi connectivity index (χ1n) is 7.02. The summed E-state index contributed by atoms with van der Waals surface area (Å²) in [7, 11) is 2.87. The van der Waals surface area contributed by atoms with Gasteiger partial charge in [0.2, 0.25) is 0 Å². The van der Waals surface area contributed by atoms with Gasteiger partial charge in [-0.1, -0.05) is 32.0 Å². The van der Waals surface area contributed by atoms with Crippen LogP contribution in [0.5, 0.6) is 5.75 Å². The number of allylic oxidation sites excluding steroid dienone is 1. The predicted molar refractivity (Wildman–Crippen MR) is 81.3 cm³/mol. The fourth-order valence-corrected chi connectivity index (χ4v) is 2.52. The van der Waals surface area contributed by atoms with Crippen molar-refractivity contribution in [2.75, 3.05) is 14.2 Å². The number of benzene rings is 1. The van der Waals surface area contributed by atoms with Crippen molar-refractivity contribution >= 4 is 12.0 Å². The first kappa shape index (κ1) is 15.9. The fourth-order valence-electron chi connectivity index (χ4n) is 2.52. The number of para-hydroxylation sites is 1. The molecule has 0 bridgehead atoms. The summed E-state index contributed by atoms with van der Waals surface area (Å²) in [6.07, 6.45) is 0. The van der Waals surface area contributed by atoms with E-state index in [0.717, 1.165) is 0 Å². The lowest BCUT2D eigenvalue weighted by molar-refractivity contribution is -0.136. The second kappa shape index (κ2) is 6.51. The molecular weight excluding hydrogens is 284 g/mol. The van der Waals surface area contributed by atoms with E-state index in [0.29, 0.717) is 22.6 Å². The van der Waals surface area contributed by atoms with Crippen LogP contribution < -0.4 is 15.4 Å². The number of amides is 2. The smallest absolute Gasteiger partial charge is 0.337 e. The molecule has 1 aliphatic rings. The second-order valence-electron chi connectivity index (χ2n) is 5.25. The fraction of sp³-hybridized carbons (Fsp3) is 0.375. The Morgan fingerprint density at radius 3 is 2.50 bits per heavy atom. The molecule has 0 aliphatic carbocycles. The van der Waals surface area contributed by atoms with Crippen LogP contribution in [0, 0.1) is 5.92 Å². The number of rotatable bonds is 4. The molecular formula is C16H20N2O4. The summed E-state index contributed by atoms with van der Waals surface area (Å²) in [6, 6.07) is 6.29. The topological polar surface area (TPSA) is 76.7 Å². The van der Waals surface area contributed by atoms with Crippen LogP contribution >= 0.6 is 0 Å². The van der Waals surface area contributed by atoms with Gasteiger partial charge in [0.15, 0.2) is 0 Å². The molecule has 22 heavy (non-hydrogen) atoms. The first-order chi connectivity index (χ1) is 10.5. The molecule has 1 unspecified atom stereocenters. The van der Waals surface area contributed by atoms with Crippen LogP contribution in [0.4, 0.5) is 4.79 Å². The van der Waals surface area contributed by atoms with Crippen molar-refractivity contribution in [3.05, 3.63) is 41.1 Å². The molecule has 0 radical (unpaired) electrons. The van der Waals surface area contributed by atoms with Gasteiger partial charge in [-0.15, -0.1) is 0 Å². The van der Waals surface area contributed by atoms with Gasteiger partial charge < -0.3 is 20.1 Å². The normalized spacial score (nSPS) is 17.9. The molecule has 2 rings (SSSR count). The number of hydrogen-bond acceptors (Lipinski definition) is 4. The third-order valence-corrected chi connectivity index (χ3v) is 3.54. The van der Waals surface area contributed by atoms with Gasteiger partial charge in [0.1, 0.15) is 5.75 Å². The summed E-state index contributed by atoms with van der Waals surface area (Å²) < 4.78 is 10.2. The molecule has 118 valence electrons.